The molecule has 2 aromatic rings. The highest BCUT2D eigenvalue weighted by molar-refractivity contribution is 7.09. The Bertz CT molecular complexity index is 522. The molecular weight excluding hydrogens is 288 g/mol. The summed E-state index contributed by atoms with van der Waals surface area (Å²) in [5, 5.41) is 2.16. The standard InChI is InChI=1S/C19H28N2S/c1-3-4-5-6-7-8-14-21(16-18-12-10-15-22-18)19-17(2)11-9-13-20-19/h9-13,15H,3-8,14,16H2,1-2H3. The maximum Gasteiger partial charge on any atom is 0.131 e. The summed E-state index contributed by atoms with van der Waals surface area (Å²) in [6.45, 7) is 6.50. The third-order valence-corrected chi connectivity index (χ3v) is 4.85. The van der Waals surface area contributed by atoms with E-state index in [0.717, 1.165) is 18.9 Å². The number of rotatable bonds is 10. The molecule has 0 aliphatic carbocycles. The fraction of sp³-hybridized carbons (Fsp3) is 0.526. The molecule has 2 nitrogen and oxygen atoms in total. The van der Waals surface area contributed by atoms with Gasteiger partial charge in [-0.2, -0.15) is 0 Å². The van der Waals surface area contributed by atoms with E-state index >= 15 is 0 Å². The van der Waals surface area contributed by atoms with Crippen LogP contribution in [-0.4, -0.2) is 11.5 Å². The van der Waals surface area contributed by atoms with Gasteiger partial charge in [-0.25, -0.2) is 4.98 Å². The number of unbranched alkanes of at least 4 members (excludes halogenated alkanes) is 5. The molecule has 0 aromatic carbocycles. The van der Waals surface area contributed by atoms with Crippen molar-refractivity contribution < 1.29 is 0 Å². The van der Waals surface area contributed by atoms with Crippen molar-refractivity contribution in [1.82, 2.24) is 4.98 Å². The molecule has 0 aliphatic rings. The number of aryl methyl sites for hydroxylation is 1. The quantitative estimate of drug-likeness (QED) is 0.513. The van der Waals surface area contributed by atoms with E-state index in [-0.39, 0.29) is 0 Å². The molecule has 0 aliphatic heterocycles. The van der Waals surface area contributed by atoms with E-state index in [1.807, 2.05) is 23.6 Å². The van der Waals surface area contributed by atoms with Crippen LogP contribution in [0.15, 0.2) is 35.8 Å². The minimum atomic E-state index is 0.977. The number of hydrogen-bond acceptors (Lipinski definition) is 3. The van der Waals surface area contributed by atoms with Crippen LogP contribution in [0.5, 0.6) is 0 Å². The van der Waals surface area contributed by atoms with E-state index in [2.05, 4.69) is 47.3 Å². The minimum absolute atomic E-state index is 0.977. The van der Waals surface area contributed by atoms with Gasteiger partial charge >= 0.3 is 0 Å². The molecule has 0 fully saturated rings. The highest BCUT2D eigenvalue weighted by atomic mass is 32.1. The van der Waals surface area contributed by atoms with Gasteiger partial charge in [0.1, 0.15) is 5.82 Å². The van der Waals surface area contributed by atoms with Gasteiger partial charge in [0.15, 0.2) is 0 Å². The Morgan fingerprint density at radius 3 is 2.59 bits per heavy atom. The van der Waals surface area contributed by atoms with Gasteiger partial charge in [0.05, 0.1) is 6.54 Å². The first-order valence-corrected chi connectivity index (χ1v) is 9.38. The van der Waals surface area contributed by atoms with Crippen LogP contribution in [0.2, 0.25) is 0 Å². The molecule has 22 heavy (non-hydrogen) atoms. The Balaban J connectivity index is 1.92. The molecule has 0 N–H and O–H groups in total. The predicted molar refractivity (Wildman–Crippen MR) is 97.7 cm³/mol. The van der Waals surface area contributed by atoms with Gasteiger partial charge in [0.25, 0.3) is 0 Å². The van der Waals surface area contributed by atoms with Crippen LogP contribution in [0.4, 0.5) is 5.82 Å². The lowest BCUT2D eigenvalue weighted by Crippen LogP contribution is -2.25. The fourth-order valence-electron chi connectivity index (χ4n) is 2.74. The van der Waals surface area contributed by atoms with E-state index in [0.29, 0.717) is 0 Å². The SMILES string of the molecule is CCCCCCCCN(Cc1cccs1)c1ncccc1C. The highest BCUT2D eigenvalue weighted by Gasteiger charge is 2.11. The average Bonchev–Trinajstić information content (AvgIpc) is 3.03. The second-order valence-electron chi connectivity index (χ2n) is 5.91. The lowest BCUT2D eigenvalue weighted by Gasteiger charge is -2.24. The maximum absolute atomic E-state index is 4.62. The third kappa shape index (κ3) is 5.45. The van der Waals surface area contributed by atoms with Crippen LogP contribution in [0.1, 0.15) is 55.9 Å². The van der Waals surface area contributed by atoms with Crippen LogP contribution in [-0.2, 0) is 6.54 Å². The highest BCUT2D eigenvalue weighted by Crippen LogP contribution is 2.21. The summed E-state index contributed by atoms with van der Waals surface area (Å²) in [6, 6.07) is 8.53. The molecule has 0 unspecified atom stereocenters. The Morgan fingerprint density at radius 1 is 1.05 bits per heavy atom. The molecule has 0 amide bonds. The summed E-state index contributed by atoms with van der Waals surface area (Å²) >= 11 is 1.83. The molecule has 0 radical (unpaired) electrons. The van der Waals surface area contributed by atoms with E-state index in [1.54, 1.807) is 0 Å². The van der Waals surface area contributed by atoms with Gasteiger partial charge in [0, 0.05) is 17.6 Å². The number of pyridine rings is 1. The molecular formula is C19H28N2S. The van der Waals surface area contributed by atoms with E-state index in [1.165, 1.54) is 49.0 Å². The molecule has 3 heteroatoms. The first-order valence-electron chi connectivity index (χ1n) is 8.50. The zero-order chi connectivity index (χ0) is 15.6. The lowest BCUT2D eigenvalue weighted by molar-refractivity contribution is 0.596. The molecule has 0 saturated heterocycles. The zero-order valence-corrected chi connectivity index (χ0v) is 14.7. The summed E-state index contributed by atoms with van der Waals surface area (Å²) in [5.41, 5.74) is 1.27. The summed E-state index contributed by atoms with van der Waals surface area (Å²) < 4.78 is 0. The van der Waals surface area contributed by atoms with Crippen LogP contribution < -0.4 is 4.90 Å². The van der Waals surface area contributed by atoms with Crippen molar-refractivity contribution in [3.63, 3.8) is 0 Å². The largest absolute Gasteiger partial charge is 0.351 e. The Labute approximate surface area is 139 Å². The predicted octanol–water partition coefficient (Wildman–Crippen LogP) is 5.82. The number of aromatic nitrogens is 1. The van der Waals surface area contributed by atoms with Gasteiger partial charge in [-0.05, 0) is 36.4 Å². The topological polar surface area (TPSA) is 16.1 Å². The lowest BCUT2D eigenvalue weighted by atomic mass is 10.1. The minimum Gasteiger partial charge on any atom is -0.351 e. The van der Waals surface area contributed by atoms with Gasteiger partial charge in [-0.15, -0.1) is 11.3 Å². The van der Waals surface area contributed by atoms with Crippen LogP contribution in [0.3, 0.4) is 0 Å². The van der Waals surface area contributed by atoms with Gasteiger partial charge in [-0.3, -0.25) is 0 Å². The van der Waals surface area contributed by atoms with Crippen molar-refractivity contribution in [2.45, 2.75) is 58.9 Å². The summed E-state index contributed by atoms with van der Waals surface area (Å²) in [4.78, 5) is 8.48. The molecule has 0 spiro atoms. The number of anilines is 1. The normalized spacial score (nSPS) is 10.8. The Kier molecular flexibility index (Phi) is 7.44. The molecule has 0 saturated carbocycles. The third-order valence-electron chi connectivity index (χ3n) is 3.99. The average molecular weight is 317 g/mol. The second kappa shape index (κ2) is 9.62. The fourth-order valence-corrected chi connectivity index (χ4v) is 3.46. The Morgan fingerprint density at radius 2 is 1.86 bits per heavy atom. The summed E-state index contributed by atoms with van der Waals surface area (Å²) in [7, 11) is 0. The monoisotopic (exact) mass is 316 g/mol. The maximum atomic E-state index is 4.62. The Hall–Kier alpha value is -1.35. The summed E-state index contributed by atoms with van der Waals surface area (Å²) in [6.07, 6.45) is 9.92. The molecule has 2 heterocycles. The van der Waals surface area contributed by atoms with Gasteiger partial charge < -0.3 is 4.90 Å². The second-order valence-corrected chi connectivity index (χ2v) is 6.94. The molecule has 2 aromatic heterocycles. The smallest absolute Gasteiger partial charge is 0.131 e. The molecule has 120 valence electrons. The van der Waals surface area contributed by atoms with E-state index < -0.39 is 0 Å². The van der Waals surface area contributed by atoms with E-state index in [4.69, 9.17) is 0 Å². The number of thiophene rings is 1. The van der Waals surface area contributed by atoms with Crippen molar-refractivity contribution in [3.05, 3.63) is 46.3 Å². The number of hydrogen-bond donors (Lipinski definition) is 0. The molecule has 2 rings (SSSR count). The van der Waals surface area contributed by atoms with E-state index in [9.17, 15) is 0 Å². The summed E-state index contributed by atoms with van der Waals surface area (Å²) in [5.74, 6) is 1.14. The van der Waals surface area contributed by atoms with Crippen LogP contribution >= 0.6 is 11.3 Å². The molecule has 0 bridgehead atoms. The van der Waals surface area contributed by atoms with Crippen molar-refractivity contribution in [2.24, 2.45) is 0 Å². The van der Waals surface area contributed by atoms with Crippen LogP contribution in [0, 0.1) is 6.92 Å². The van der Waals surface area contributed by atoms with Crippen LogP contribution in [0.25, 0.3) is 0 Å². The van der Waals surface area contributed by atoms with Crippen molar-refractivity contribution in [1.29, 1.82) is 0 Å². The molecule has 0 atom stereocenters. The zero-order valence-electron chi connectivity index (χ0n) is 13.9. The van der Waals surface area contributed by atoms with Crippen molar-refractivity contribution in [2.75, 3.05) is 11.4 Å². The number of nitrogens with zero attached hydrogens (tertiary/aromatic N) is 2. The van der Waals surface area contributed by atoms with Crippen molar-refractivity contribution >= 4 is 17.2 Å². The van der Waals surface area contributed by atoms with Crippen molar-refractivity contribution in [3.8, 4) is 0 Å². The van der Waals surface area contributed by atoms with Gasteiger partial charge in [-0.1, -0.05) is 51.2 Å². The first kappa shape index (κ1) is 17.0. The van der Waals surface area contributed by atoms with Gasteiger partial charge in [0.2, 0.25) is 0 Å². The first-order chi connectivity index (χ1) is 10.8.